The van der Waals surface area contributed by atoms with Crippen LogP contribution in [0.3, 0.4) is 0 Å². The van der Waals surface area contributed by atoms with Gasteiger partial charge in [0, 0.05) is 19.5 Å². The lowest BCUT2D eigenvalue weighted by atomic mass is 10.0. The lowest BCUT2D eigenvalue weighted by molar-refractivity contribution is -0.138. The van der Waals surface area contributed by atoms with Crippen LogP contribution in [0.25, 0.3) is 0 Å². The predicted molar refractivity (Wildman–Crippen MR) is 122 cm³/mol. The van der Waals surface area contributed by atoms with Crippen LogP contribution in [-0.2, 0) is 11.0 Å². The summed E-state index contributed by atoms with van der Waals surface area (Å²) < 4.78 is 40.1. The molecule has 0 bridgehead atoms. The Bertz CT molecular complexity index is 1150. The molecule has 0 spiro atoms. The molecule has 186 valence electrons. The Morgan fingerprint density at radius 2 is 1.91 bits per heavy atom. The van der Waals surface area contributed by atoms with Crippen LogP contribution in [0, 0.1) is 5.92 Å². The van der Waals surface area contributed by atoms with E-state index in [2.05, 4.69) is 29.4 Å². The molecule has 1 N–H and O–H groups in total. The number of benzene rings is 1. The third kappa shape index (κ3) is 5.13. The summed E-state index contributed by atoms with van der Waals surface area (Å²) in [6.07, 6.45) is -2.69. The third-order valence-corrected chi connectivity index (χ3v) is 6.21. The molecule has 1 atom stereocenters. The van der Waals surface area contributed by atoms with Crippen LogP contribution < -0.4 is 10.2 Å². The molecule has 1 fully saturated rings. The van der Waals surface area contributed by atoms with Gasteiger partial charge in [-0.2, -0.15) is 13.2 Å². The van der Waals surface area contributed by atoms with Gasteiger partial charge >= 0.3 is 6.18 Å². The van der Waals surface area contributed by atoms with Crippen LogP contribution in [-0.4, -0.2) is 58.4 Å². The monoisotopic (exact) mass is 489 g/mol. The van der Waals surface area contributed by atoms with E-state index in [1.54, 1.807) is 4.90 Å². The molecule has 2 aromatic rings. The second kappa shape index (κ2) is 9.63. The Balaban J connectivity index is 1.50. The van der Waals surface area contributed by atoms with Gasteiger partial charge in [-0.25, -0.2) is 0 Å². The molecule has 2 aliphatic rings. The molecule has 2 amide bonds. The number of halogens is 3. The van der Waals surface area contributed by atoms with Crippen molar-refractivity contribution in [2.24, 2.45) is 5.92 Å². The van der Waals surface area contributed by atoms with Crippen molar-refractivity contribution < 1.29 is 27.6 Å². The van der Waals surface area contributed by atoms with E-state index in [1.165, 1.54) is 23.1 Å². The summed E-state index contributed by atoms with van der Waals surface area (Å²) in [5.74, 6) is -0.511. The van der Waals surface area contributed by atoms with Crippen molar-refractivity contribution in [1.82, 2.24) is 15.1 Å². The first kappa shape index (κ1) is 24.6. The van der Waals surface area contributed by atoms with E-state index in [9.17, 15) is 27.6 Å². The van der Waals surface area contributed by atoms with Gasteiger partial charge in [0.2, 0.25) is 5.91 Å². The van der Waals surface area contributed by atoms with Gasteiger partial charge in [0.15, 0.2) is 11.6 Å². The number of carbonyl (C=O) groups is 3. The van der Waals surface area contributed by atoms with Crippen molar-refractivity contribution >= 4 is 29.1 Å². The minimum atomic E-state index is -4.67. The standard InChI is InChI=1S/C24H26F3N5O3/c1-14(2)6-5-9-20(33)17-12-18-21(30-29-17)32-11-10-31(13-19(32)22(34)28-18)23(35)15-7-3-4-8-16(15)24(25,26)27/h3-4,7-8,12,14,19H,5-6,9-11,13H2,1-2H3,(H,28,34). The zero-order chi connectivity index (χ0) is 25.3. The van der Waals surface area contributed by atoms with Crippen molar-refractivity contribution in [2.45, 2.75) is 45.3 Å². The number of anilines is 2. The van der Waals surface area contributed by atoms with Crippen LogP contribution in [0.1, 0.15) is 59.5 Å². The zero-order valence-electron chi connectivity index (χ0n) is 19.4. The molecule has 0 radical (unpaired) electrons. The third-order valence-electron chi connectivity index (χ3n) is 6.21. The minimum absolute atomic E-state index is 0.103. The van der Waals surface area contributed by atoms with Crippen LogP contribution in [0.2, 0.25) is 0 Å². The molecule has 0 aliphatic carbocycles. The second-order valence-electron chi connectivity index (χ2n) is 9.17. The molecule has 1 aromatic heterocycles. The number of amides is 2. The van der Waals surface area contributed by atoms with Crippen LogP contribution in [0.4, 0.5) is 24.7 Å². The predicted octanol–water partition coefficient (Wildman–Crippen LogP) is 3.79. The van der Waals surface area contributed by atoms with E-state index in [0.717, 1.165) is 25.0 Å². The number of piperazine rings is 1. The maximum absolute atomic E-state index is 13.4. The first-order chi connectivity index (χ1) is 16.6. The molecule has 11 heteroatoms. The average molecular weight is 489 g/mol. The van der Waals surface area contributed by atoms with Crippen molar-refractivity contribution in [3.8, 4) is 0 Å². The number of ketones is 1. The van der Waals surface area contributed by atoms with E-state index in [1.807, 2.05) is 0 Å². The summed E-state index contributed by atoms with van der Waals surface area (Å²) in [6.45, 7) is 4.34. The van der Waals surface area contributed by atoms with Crippen LogP contribution >= 0.6 is 0 Å². The highest BCUT2D eigenvalue weighted by molar-refractivity contribution is 6.05. The Morgan fingerprint density at radius 1 is 1.17 bits per heavy atom. The Kier molecular flexibility index (Phi) is 6.77. The fraction of sp³-hybridized carbons (Fsp3) is 0.458. The molecular formula is C24H26F3N5O3. The molecule has 1 saturated heterocycles. The molecule has 1 aromatic carbocycles. The maximum atomic E-state index is 13.4. The van der Waals surface area contributed by atoms with Crippen LogP contribution in [0.15, 0.2) is 30.3 Å². The number of rotatable bonds is 6. The summed E-state index contributed by atoms with van der Waals surface area (Å²) in [4.78, 5) is 41.2. The van der Waals surface area contributed by atoms with Gasteiger partial charge in [-0.05, 0) is 30.5 Å². The molecule has 4 rings (SSSR count). The van der Waals surface area contributed by atoms with Gasteiger partial charge in [0.05, 0.1) is 23.4 Å². The average Bonchev–Trinajstić information content (AvgIpc) is 2.82. The van der Waals surface area contributed by atoms with Crippen molar-refractivity contribution in [3.63, 3.8) is 0 Å². The summed E-state index contributed by atoms with van der Waals surface area (Å²) in [5, 5.41) is 10.9. The quantitative estimate of drug-likeness (QED) is 0.621. The van der Waals surface area contributed by atoms with Crippen molar-refractivity contribution in [1.29, 1.82) is 0 Å². The lowest BCUT2D eigenvalue weighted by Gasteiger charge is -2.44. The maximum Gasteiger partial charge on any atom is 0.417 e. The van der Waals surface area contributed by atoms with Gasteiger partial charge in [-0.1, -0.05) is 32.4 Å². The smallest absolute Gasteiger partial charge is 0.338 e. The van der Waals surface area contributed by atoms with E-state index in [4.69, 9.17) is 0 Å². The number of nitrogens with zero attached hydrogens (tertiary/aromatic N) is 4. The van der Waals surface area contributed by atoms with Crippen molar-refractivity contribution in [2.75, 3.05) is 29.9 Å². The SMILES string of the molecule is CC(C)CCCC(=O)c1cc2c(nn1)N1CCN(C(=O)c3ccccc3C(F)(F)F)CC1C(=O)N2. The number of fused-ring (bicyclic) bond motifs is 3. The van der Waals surface area contributed by atoms with Gasteiger partial charge in [0.1, 0.15) is 11.7 Å². The van der Waals surface area contributed by atoms with E-state index in [-0.39, 0.29) is 31.1 Å². The fourth-order valence-corrected chi connectivity index (χ4v) is 4.37. The summed E-state index contributed by atoms with van der Waals surface area (Å²) in [5.41, 5.74) is -0.938. The summed E-state index contributed by atoms with van der Waals surface area (Å²) in [6, 6.07) is 5.28. The Morgan fingerprint density at radius 3 is 2.63 bits per heavy atom. The summed E-state index contributed by atoms with van der Waals surface area (Å²) >= 11 is 0. The Hall–Kier alpha value is -3.50. The van der Waals surface area contributed by atoms with Gasteiger partial charge < -0.3 is 15.1 Å². The van der Waals surface area contributed by atoms with E-state index < -0.39 is 35.2 Å². The lowest BCUT2D eigenvalue weighted by Crippen LogP contribution is -2.61. The normalized spacial score (nSPS) is 17.7. The number of hydrogen-bond donors (Lipinski definition) is 1. The van der Waals surface area contributed by atoms with Crippen LogP contribution in [0.5, 0.6) is 0 Å². The molecule has 1 unspecified atom stereocenters. The Labute approximate surface area is 200 Å². The molecule has 35 heavy (non-hydrogen) atoms. The van der Waals surface area contributed by atoms with E-state index >= 15 is 0 Å². The van der Waals surface area contributed by atoms with Gasteiger partial charge in [-0.15, -0.1) is 10.2 Å². The minimum Gasteiger partial charge on any atom is -0.338 e. The highest BCUT2D eigenvalue weighted by Crippen LogP contribution is 2.35. The molecule has 0 saturated carbocycles. The largest absolute Gasteiger partial charge is 0.417 e. The highest BCUT2D eigenvalue weighted by atomic mass is 19.4. The number of Topliss-reactive ketones (excluding diaryl/α,β-unsaturated/α-hetero) is 1. The second-order valence-corrected chi connectivity index (χ2v) is 9.17. The van der Waals surface area contributed by atoms with Crippen molar-refractivity contribution in [3.05, 3.63) is 47.2 Å². The number of alkyl halides is 3. The number of hydrogen-bond acceptors (Lipinski definition) is 6. The highest BCUT2D eigenvalue weighted by Gasteiger charge is 2.42. The molecule has 2 aliphatic heterocycles. The van der Waals surface area contributed by atoms with Gasteiger partial charge in [-0.3, -0.25) is 14.4 Å². The molecule has 8 nitrogen and oxygen atoms in total. The zero-order valence-corrected chi connectivity index (χ0v) is 19.4. The summed E-state index contributed by atoms with van der Waals surface area (Å²) in [7, 11) is 0. The molecular weight excluding hydrogens is 463 g/mol. The number of carbonyl (C=O) groups excluding carboxylic acids is 3. The fourth-order valence-electron chi connectivity index (χ4n) is 4.37. The van der Waals surface area contributed by atoms with Gasteiger partial charge in [0.25, 0.3) is 5.91 Å². The first-order valence-corrected chi connectivity index (χ1v) is 11.5. The topological polar surface area (TPSA) is 95.5 Å². The molecule has 3 heterocycles. The first-order valence-electron chi connectivity index (χ1n) is 11.5. The van der Waals surface area contributed by atoms with E-state index in [0.29, 0.717) is 23.8 Å². The number of aromatic nitrogens is 2. The number of nitrogens with one attached hydrogen (secondary N) is 1.